The van der Waals surface area contributed by atoms with Gasteiger partial charge in [-0.25, -0.2) is 8.78 Å². The predicted molar refractivity (Wildman–Crippen MR) is 72.6 cm³/mol. The minimum absolute atomic E-state index is 0.0127. The summed E-state index contributed by atoms with van der Waals surface area (Å²) in [6, 6.07) is 2.27. The van der Waals surface area contributed by atoms with Gasteiger partial charge in [-0.15, -0.1) is 0 Å². The first-order valence-electron chi connectivity index (χ1n) is 6.61. The highest BCUT2D eigenvalue weighted by molar-refractivity contribution is 5.95. The summed E-state index contributed by atoms with van der Waals surface area (Å²) in [5, 5.41) is 7.24. The standard InChI is InChI=1S/C14H19F2N3/c1-2-5-19(8-9-3-4-9)13-11(15)6-10(14(17)18)7-12(13)16/h6-7,9H,2-5,8H2,1H3,(H3,17,18). The van der Waals surface area contributed by atoms with Crippen LogP contribution in [0.1, 0.15) is 31.7 Å². The van der Waals surface area contributed by atoms with Crippen LogP contribution in [0.2, 0.25) is 0 Å². The quantitative estimate of drug-likeness (QED) is 0.615. The third-order valence-electron chi connectivity index (χ3n) is 3.31. The first-order chi connectivity index (χ1) is 9.02. The largest absolute Gasteiger partial charge is 0.384 e. The van der Waals surface area contributed by atoms with Crippen molar-refractivity contribution in [2.24, 2.45) is 11.7 Å². The van der Waals surface area contributed by atoms with E-state index < -0.39 is 11.6 Å². The molecule has 0 aliphatic heterocycles. The Morgan fingerprint density at radius 1 is 1.37 bits per heavy atom. The molecular weight excluding hydrogens is 248 g/mol. The van der Waals surface area contributed by atoms with Gasteiger partial charge in [0.25, 0.3) is 0 Å². The lowest BCUT2D eigenvalue weighted by atomic mass is 10.1. The third-order valence-corrected chi connectivity index (χ3v) is 3.31. The van der Waals surface area contributed by atoms with Crippen LogP contribution in [0, 0.1) is 23.0 Å². The number of nitrogens with one attached hydrogen (secondary N) is 1. The van der Waals surface area contributed by atoms with Gasteiger partial charge in [0, 0.05) is 18.7 Å². The Morgan fingerprint density at radius 3 is 2.37 bits per heavy atom. The average molecular weight is 267 g/mol. The number of amidine groups is 1. The van der Waals surface area contributed by atoms with Gasteiger partial charge in [-0.05, 0) is 37.3 Å². The maximum atomic E-state index is 14.1. The van der Waals surface area contributed by atoms with E-state index in [9.17, 15) is 8.78 Å². The van der Waals surface area contributed by atoms with Crippen LogP contribution < -0.4 is 10.6 Å². The summed E-state index contributed by atoms with van der Waals surface area (Å²) in [4.78, 5) is 1.77. The Labute approximate surface area is 111 Å². The summed E-state index contributed by atoms with van der Waals surface area (Å²) in [7, 11) is 0. The zero-order valence-electron chi connectivity index (χ0n) is 11.0. The predicted octanol–water partition coefficient (Wildman–Crippen LogP) is 2.88. The molecule has 0 amide bonds. The normalized spacial score (nSPS) is 14.5. The second kappa shape index (κ2) is 5.55. The molecule has 5 heteroatoms. The molecule has 1 aromatic rings. The highest BCUT2D eigenvalue weighted by atomic mass is 19.1. The van der Waals surface area contributed by atoms with E-state index >= 15 is 0 Å². The fourth-order valence-electron chi connectivity index (χ4n) is 2.20. The molecule has 104 valence electrons. The van der Waals surface area contributed by atoms with Gasteiger partial charge in [0.05, 0.1) is 0 Å². The Morgan fingerprint density at radius 2 is 1.95 bits per heavy atom. The molecule has 0 unspecified atom stereocenters. The molecule has 1 saturated carbocycles. The van der Waals surface area contributed by atoms with E-state index in [4.69, 9.17) is 11.1 Å². The number of halogens is 2. The van der Waals surface area contributed by atoms with Crippen molar-refractivity contribution in [1.29, 1.82) is 5.41 Å². The van der Waals surface area contributed by atoms with E-state index in [1.165, 1.54) is 0 Å². The fraction of sp³-hybridized carbons (Fsp3) is 0.500. The lowest BCUT2D eigenvalue weighted by molar-refractivity contribution is 0.563. The lowest BCUT2D eigenvalue weighted by Gasteiger charge is -2.25. The van der Waals surface area contributed by atoms with Gasteiger partial charge in [-0.1, -0.05) is 6.92 Å². The van der Waals surface area contributed by atoms with Crippen LogP contribution in [0.25, 0.3) is 0 Å². The molecule has 0 spiro atoms. The van der Waals surface area contributed by atoms with Crippen LogP contribution in [-0.4, -0.2) is 18.9 Å². The van der Waals surface area contributed by atoms with Crippen LogP contribution in [0.4, 0.5) is 14.5 Å². The first kappa shape index (κ1) is 13.8. The van der Waals surface area contributed by atoms with Gasteiger partial charge in [0.2, 0.25) is 0 Å². The Bertz CT molecular complexity index is 461. The Kier molecular flexibility index (Phi) is 4.02. The molecule has 1 aliphatic rings. The first-order valence-corrected chi connectivity index (χ1v) is 6.61. The van der Waals surface area contributed by atoms with Gasteiger partial charge in [0.1, 0.15) is 23.2 Å². The maximum Gasteiger partial charge on any atom is 0.150 e. The molecule has 0 heterocycles. The van der Waals surface area contributed by atoms with Crippen LogP contribution in [0.5, 0.6) is 0 Å². The number of hydrogen-bond donors (Lipinski definition) is 2. The van der Waals surface area contributed by atoms with E-state index in [2.05, 4.69) is 0 Å². The Hall–Kier alpha value is -1.65. The van der Waals surface area contributed by atoms with Crippen molar-refractivity contribution in [3.63, 3.8) is 0 Å². The number of benzene rings is 1. The summed E-state index contributed by atoms with van der Waals surface area (Å²) in [6.07, 6.45) is 3.10. The molecule has 3 N–H and O–H groups in total. The molecule has 0 radical (unpaired) electrons. The fourth-order valence-corrected chi connectivity index (χ4v) is 2.20. The smallest absolute Gasteiger partial charge is 0.150 e. The highest BCUT2D eigenvalue weighted by Gasteiger charge is 2.27. The van der Waals surface area contributed by atoms with E-state index in [1.54, 1.807) is 4.90 Å². The SMILES string of the molecule is CCCN(CC1CC1)c1c(F)cc(C(=N)N)cc1F. The average Bonchev–Trinajstić information content (AvgIpc) is 3.12. The summed E-state index contributed by atoms with van der Waals surface area (Å²) in [6.45, 7) is 3.31. The summed E-state index contributed by atoms with van der Waals surface area (Å²) in [5.74, 6) is -1.05. The van der Waals surface area contributed by atoms with Crippen LogP contribution in [0.3, 0.4) is 0 Å². The van der Waals surface area contributed by atoms with Crippen molar-refractivity contribution in [2.45, 2.75) is 26.2 Å². The van der Waals surface area contributed by atoms with E-state index in [-0.39, 0.29) is 17.1 Å². The van der Waals surface area contributed by atoms with E-state index in [1.807, 2.05) is 6.92 Å². The topological polar surface area (TPSA) is 53.1 Å². The second-order valence-electron chi connectivity index (χ2n) is 5.09. The zero-order chi connectivity index (χ0) is 14.0. The number of rotatable bonds is 6. The van der Waals surface area contributed by atoms with E-state index in [0.717, 1.165) is 31.4 Å². The van der Waals surface area contributed by atoms with Gasteiger partial charge in [0.15, 0.2) is 0 Å². The van der Waals surface area contributed by atoms with Crippen molar-refractivity contribution in [2.75, 3.05) is 18.0 Å². The molecule has 0 aromatic heterocycles. The molecule has 0 saturated heterocycles. The number of nitrogens with zero attached hydrogens (tertiary/aromatic N) is 1. The molecule has 2 rings (SSSR count). The molecule has 0 atom stereocenters. The minimum Gasteiger partial charge on any atom is -0.384 e. The second-order valence-corrected chi connectivity index (χ2v) is 5.09. The van der Waals surface area contributed by atoms with Gasteiger partial charge in [-0.3, -0.25) is 5.41 Å². The monoisotopic (exact) mass is 267 g/mol. The molecule has 19 heavy (non-hydrogen) atoms. The van der Waals surface area contributed by atoms with Crippen molar-refractivity contribution >= 4 is 11.5 Å². The molecule has 3 nitrogen and oxygen atoms in total. The molecule has 1 fully saturated rings. The van der Waals surface area contributed by atoms with Crippen molar-refractivity contribution in [3.05, 3.63) is 29.3 Å². The molecule has 1 aromatic carbocycles. The third kappa shape index (κ3) is 3.22. The number of anilines is 1. The molecule has 0 bridgehead atoms. The summed E-state index contributed by atoms with van der Waals surface area (Å²) >= 11 is 0. The van der Waals surface area contributed by atoms with E-state index in [0.29, 0.717) is 19.0 Å². The van der Waals surface area contributed by atoms with Crippen LogP contribution in [0.15, 0.2) is 12.1 Å². The number of hydrogen-bond acceptors (Lipinski definition) is 2. The van der Waals surface area contributed by atoms with Crippen molar-refractivity contribution in [3.8, 4) is 0 Å². The van der Waals surface area contributed by atoms with Crippen LogP contribution in [-0.2, 0) is 0 Å². The van der Waals surface area contributed by atoms with Crippen molar-refractivity contribution < 1.29 is 8.78 Å². The molecular formula is C14H19F2N3. The van der Waals surface area contributed by atoms with Gasteiger partial charge < -0.3 is 10.6 Å². The zero-order valence-corrected chi connectivity index (χ0v) is 11.0. The summed E-state index contributed by atoms with van der Waals surface area (Å²) in [5.41, 5.74) is 5.36. The summed E-state index contributed by atoms with van der Waals surface area (Å²) < 4.78 is 28.2. The van der Waals surface area contributed by atoms with Crippen molar-refractivity contribution in [1.82, 2.24) is 0 Å². The number of nitrogens with two attached hydrogens (primary N) is 1. The molecule has 1 aliphatic carbocycles. The van der Waals surface area contributed by atoms with Gasteiger partial charge >= 0.3 is 0 Å². The van der Waals surface area contributed by atoms with Gasteiger partial charge in [-0.2, -0.15) is 0 Å². The highest BCUT2D eigenvalue weighted by Crippen LogP contribution is 2.33. The van der Waals surface area contributed by atoms with Crippen LogP contribution >= 0.6 is 0 Å². The minimum atomic E-state index is -0.640. The lowest BCUT2D eigenvalue weighted by Crippen LogP contribution is -2.29. The maximum absolute atomic E-state index is 14.1. The number of nitrogen functional groups attached to an aromatic ring is 1. The Balaban J connectivity index is 2.32.